The molecule has 1 amide bonds. The van der Waals surface area contributed by atoms with Gasteiger partial charge in [0.05, 0.1) is 12.7 Å². The van der Waals surface area contributed by atoms with Crippen LogP contribution >= 0.6 is 12.4 Å². The predicted octanol–water partition coefficient (Wildman–Crippen LogP) is 3.51. The second-order valence-electron chi connectivity index (χ2n) is 5.77. The predicted molar refractivity (Wildman–Crippen MR) is 98.9 cm³/mol. The van der Waals surface area contributed by atoms with Gasteiger partial charge in [0.2, 0.25) is 0 Å². The van der Waals surface area contributed by atoms with Crippen LogP contribution in [0.2, 0.25) is 0 Å². The third-order valence-electron chi connectivity index (χ3n) is 3.48. The second-order valence-corrected chi connectivity index (χ2v) is 5.77. The molecule has 1 heterocycles. The van der Waals surface area contributed by atoms with E-state index in [2.05, 4.69) is 17.6 Å². The van der Waals surface area contributed by atoms with E-state index in [9.17, 15) is 4.79 Å². The van der Waals surface area contributed by atoms with E-state index in [4.69, 9.17) is 9.15 Å². The number of hydrogen-bond donors (Lipinski definition) is 2. The van der Waals surface area contributed by atoms with Crippen LogP contribution in [-0.4, -0.2) is 31.6 Å². The number of ether oxygens (including phenoxy) is 1. The van der Waals surface area contributed by atoms with Crippen LogP contribution in [0.3, 0.4) is 0 Å². The molecule has 0 radical (unpaired) electrons. The van der Waals surface area contributed by atoms with E-state index < -0.39 is 0 Å². The summed E-state index contributed by atoms with van der Waals surface area (Å²) in [5, 5.41) is 7.08. The van der Waals surface area contributed by atoms with E-state index in [0.29, 0.717) is 24.5 Å². The van der Waals surface area contributed by atoms with Crippen molar-refractivity contribution >= 4 is 29.3 Å². The number of hydrogen-bond acceptors (Lipinski definition) is 4. The number of rotatable bonds is 9. The molecule has 0 fully saturated rings. The van der Waals surface area contributed by atoms with Crippen molar-refractivity contribution in [2.24, 2.45) is 0 Å². The SMILES string of the molecule is CCCNCCNC(=O)c1oc2ccccc2c1COC(C)C.Cl. The van der Waals surface area contributed by atoms with Gasteiger partial charge in [0.1, 0.15) is 5.58 Å². The lowest BCUT2D eigenvalue weighted by Crippen LogP contribution is -2.32. The van der Waals surface area contributed by atoms with Crippen molar-refractivity contribution in [1.82, 2.24) is 10.6 Å². The lowest BCUT2D eigenvalue weighted by atomic mass is 10.1. The number of benzene rings is 1. The number of fused-ring (bicyclic) bond motifs is 1. The van der Waals surface area contributed by atoms with Crippen LogP contribution in [0.4, 0.5) is 0 Å². The quantitative estimate of drug-likeness (QED) is 0.676. The number of nitrogens with one attached hydrogen (secondary N) is 2. The van der Waals surface area contributed by atoms with Gasteiger partial charge in [-0.1, -0.05) is 25.1 Å². The molecule has 6 heteroatoms. The molecule has 5 nitrogen and oxygen atoms in total. The van der Waals surface area contributed by atoms with Crippen molar-refractivity contribution in [3.63, 3.8) is 0 Å². The van der Waals surface area contributed by atoms with Crippen LogP contribution in [0.15, 0.2) is 28.7 Å². The van der Waals surface area contributed by atoms with Crippen molar-refractivity contribution < 1.29 is 13.9 Å². The third kappa shape index (κ3) is 5.51. The molecule has 0 aliphatic rings. The molecular weight excluding hydrogens is 328 g/mol. The molecule has 1 aromatic carbocycles. The number of furan rings is 1. The zero-order valence-electron chi connectivity index (χ0n) is 14.6. The molecule has 24 heavy (non-hydrogen) atoms. The zero-order valence-corrected chi connectivity index (χ0v) is 15.4. The summed E-state index contributed by atoms with van der Waals surface area (Å²) in [6.45, 7) is 8.70. The average molecular weight is 355 g/mol. The first-order valence-electron chi connectivity index (χ1n) is 8.24. The fraction of sp³-hybridized carbons (Fsp3) is 0.500. The summed E-state index contributed by atoms with van der Waals surface area (Å²) < 4.78 is 11.4. The van der Waals surface area contributed by atoms with Gasteiger partial charge in [-0.05, 0) is 32.9 Å². The van der Waals surface area contributed by atoms with Crippen molar-refractivity contribution in [2.75, 3.05) is 19.6 Å². The fourth-order valence-corrected chi connectivity index (χ4v) is 2.32. The Bertz CT molecular complexity index is 640. The van der Waals surface area contributed by atoms with Gasteiger partial charge < -0.3 is 19.8 Å². The standard InChI is InChI=1S/C18H26N2O3.ClH/c1-4-9-19-10-11-20-18(21)17-15(12-22-13(2)3)14-7-5-6-8-16(14)23-17;/h5-8,13,19H,4,9-12H2,1-3H3,(H,20,21);1H. The Morgan fingerprint density at radius 3 is 2.67 bits per heavy atom. The van der Waals surface area contributed by atoms with Gasteiger partial charge in [-0.2, -0.15) is 0 Å². The zero-order chi connectivity index (χ0) is 16.7. The molecule has 1 aromatic heterocycles. The van der Waals surface area contributed by atoms with Gasteiger partial charge >= 0.3 is 0 Å². The van der Waals surface area contributed by atoms with Crippen molar-refractivity contribution in [2.45, 2.75) is 39.9 Å². The van der Waals surface area contributed by atoms with Gasteiger partial charge in [-0.15, -0.1) is 12.4 Å². The largest absolute Gasteiger partial charge is 0.451 e. The number of para-hydroxylation sites is 1. The summed E-state index contributed by atoms with van der Waals surface area (Å²) in [6, 6.07) is 7.66. The normalized spacial score (nSPS) is 10.8. The van der Waals surface area contributed by atoms with E-state index in [0.717, 1.165) is 30.5 Å². The van der Waals surface area contributed by atoms with Crippen LogP contribution < -0.4 is 10.6 Å². The molecule has 2 N–H and O–H groups in total. The highest BCUT2D eigenvalue weighted by Crippen LogP contribution is 2.26. The Kier molecular flexibility index (Phi) is 8.82. The summed E-state index contributed by atoms with van der Waals surface area (Å²) in [7, 11) is 0. The maximum Gasteiger partial charge on any atom is 0.287 e. The average Bonchev–Trinajstić information content (AvgIpc) is 2.91. The molecule has 2 aromatic rings. The van der Waals surface area contributed by atoms with Gasteiger partial charge in [-0.25, -0.2) is 0 Å². The molecule has 0 aliphatic carbocycles. The molecule has 0 spiro atoms. The monoisotopic (exact) mass is 354 g/mol. The smallest absolute Gasteiger partial charge is 0.287 e. The maximum atomic E-state index is 12.4. The molecule has 0 bridgehead atoms. The Balaban J connectivity index is 0.00000288. The van der Waals surface area contributed by atoms with Crippen molar-refractivity contribution in [3.05, 3.63) is 35.6 Å². The van der Waals surface area contributed by atoms with E-state index in [1.807, 2.05) is 38.1 Å². The van der Waals surface area contributed by atoms with Crippen LogP contribution in [0.1, 0.15) is 43.3 Å². The Morgan fingerprint density at radius 2 is 1.96 bits per heavy atom. The first kappa shape index (κ1) is 20.5. The number of amides is 1. The Morgan fingerprint density at radius 1 is 1.21 bits per heavy atom. The first-order chi connectivity index (χ1) is 11.1. The lowest BCUT2D eigenvalue weighted by Gasteiger charge is -2.09. The summed E-state index contributed by atoms with van der Waals surface area (Å²) in [5.74, 6) is 0.157. The molecular formula is C18H27ClN2O3. The molecule has 134 valence electrons. The second kappa shape index (κ2) is 10.3. The summed E-state index contributed by atoms with van der Waals surface area (Å²) in [6.07, 6.45) is 1.17. The minimum absolute atomic E-state index is 0. The molecule has 0 saturated carbocycles. The third-order valence-corrected chi connectivity index (χ3v) is 3.48. The van der Waals surface area contributed by atoms with Crippen LogP contribution in [0.5, 0.6) is 0 Å². The minimum atomic E-state index is -0.193. The van der Waals surface area contributed by atoms with Crippen molar-refractivity contribution in [1.29, 1.82) is 0 Å². The van der Waals surface area contributed by atoms with Gasteiger partial charge in [0, 0.05) is 24.0 Å². The van der Waals surface area contributed by atoms with E-state index in [1.165, 1.54) is 0 Å². The van der Waals surface area contributed by atoms with Crippen LogP contribution in [0.25, 0.3) is 11.0 Å². The highest BCUT2D eigenvalue weighted by Gasteiger charge is 2.20. The van der Waals surface area contributed by atoms with Crippen LogP contribution in [-0.2, 0) is 11.3 Å². The number of carbonyl (C=O) groups is 1. The Hall–Kier alpha value is -1.56. The molecule has 0 saturated heterocycles. The van der Waals surface area contributed by atoms with Crippen molar-refractivity contribution in [3.8, 4) is 0 Å². The minimum Gasteiger partial charge on any atom is -0.451 e. The van der Waals surface area contributed by atoms with Crippen LogP contribution in [0, 0.1) is 0 Å². The highest BCUT2D eigenvalue weighted by molar-refractivity contribution is 5.99. The summed E-state index contributed by atoms with van der Waals surface area (Å²) >= 11 is 0. The van der Waals surface area contributed by atoms with Gasteiger partial charge in [0.15, 0.2) is 5.76 Å². The summed E-state index contributed by atoms with van der Waals surface area (Å²) in [4.78, 5) is 12.4. The van der Waals surface area contributed by atoms with Gasteiger partial charge in [-0.3, -0.25) is 4.79 Å². The molecule has 2 rings (SSSR count). The molecule has 0 atom stereocenters. The maximum absolute atomic E-state index is 12.4. The summed E-state index contributed by atoms with van der Waals surface area (Å²) in [5.41, 5.74) is 1.53. The molecule has 0 aliphatic heterocycles. The first-order valence-corrected chi connectivity index (χ1v) is 8.24. The van der Waals surface area contributed by atoms with E-state index in [-0.39, 0.29) is 24.4 Å². The highest BCUT2D eigenvalue weighted by atomic mass is 35.5. The fourth-order valence-electron chi connectivity index (χ4n) is 2.32. The lowest BCUT2D eigenvalue weighted by molar-refractivity contribution is 0.0643. The van der Waals surface area contributed by atoms with Gasteiger partial charge in [0.25, 0.3) is 5.91 Å². The number of carbonyl (C=O) groups excluding carboxylic acids is 1. The van der Waals surface area contributed by atoms with E-state index in [1.54, 1.807) is 0 Å². The van der Waals surface area contributed by atoms with E-state index >= 15 is 0 Å². The number of halogens is 1. The molecule has 0 unspecified atom stereocenters. The Labute approximate surface area is 149 Å². The topological polar surface area (TPSA) is 63.5 Å².